The first-order valence-electron chi connectivity index (χ1n) is 4.30. The van der Waals surface area contributed by atoms with Gasteiger partial charge < -0.3 is 4.74 Å². The lowest BCUT2D eigenvalue weighted by Crippen LogP contribution is -1.92. The van der Waals surface area contributed by atoms with Gasteiger partial charge in [0.25, 0.3) is 0 Å². The molecule has 0 bridgehead atoms. The van der Waals surface area contributed by atoms with Gasteiger partial charge >= 0.3 is 0 Å². The van der Waals surface area contributed by atoms with Crippen LogP contribution in [0.2, 0.25) is 0 Å². The molecule has 0 N–H and O–H groups in total. The van der Waals surface area contributed by atoms with Crippen LogP contribution in [0.25, 0.3) is 0 Å². The number of hydrogen-bond donors (Lipinski definition) is 0. The lowest BCUT2D eigenvalue weighted by Gasteiger charge is -2.02. The van der Waals surface area contributed by atoms with Gasteiger partial charge in [0.2, 0.25) is 0 Å². The molecule has 0 atom stereocenters. The van der Waals surface area contributed by atoms with Crippen molar-refractivity contribution < 1.29 is 4.74 Å². The van der Waals surface area contributed by atoms with E-state index in [4.69, 9.17) is 4.74 Å². The quantitative estimate of drug-likeness (QED) is 0.664. The molecule has 1 aromatic carbocycles. The smallest absolute Gasteiger partial charge is 0.119 e. The summed E-state index contributed by atoms with van der Waals surface area (Å²) >= 11 is 0. The summed E-state index contributed by atoms with van der Waals surface area (Å²) in [6.07, 6.45) is 5.53. The van der Waals surface area contributed by atoms with Crippen molar-refractivity contribution in [2.75, 3.05) is 6.61 Å². The van der Waals surface area contributed by atoms with Gasteiger partial charge in [-0.1, -0.05) is 51.3 Å². The average Bonchev–Trinajstić information content (AvgIpc) is 2.15. The Morgan fingerprint density at radius 3 is 2.33 bits per heavy atom. The summed E-state index contributed by atoms with van der Waals surface area (Å²) < 4.78 is 5.43. The highest BCUT2D eigenvalue weighted by molar-refractivity contribution is 5.26. The third kappa shape index (κ3) is 6.55. The Morgan fingerprint density at radius 2 is 1.80 bits per heavy atom. The zero-order valence-corrected chi connectivity index (χ0v) is 7.86. The van der Waals surface area contributed by atoms with Crippen molar-refractivity contribution in [3.05, 3.63) is 54.6 Å². The molecule has 0 saturated carbocycles. The SMILES string of the molecule is C.C.C=C/C=C/COc1ccc(C)cc1. The van der Waals surface area contributed by atoms with Crippen LogP contribution in [0.3, 0.4) is 0 Å². The summed E-state index contributed by atoms with van der Waals surface area (Å²) in [5.74, 6) is 0.902. The standard InChI is InChI=1S/C12H14O.2CH4/c1-3-4-5-10-13-12-8-6-11(2)7-9-12;;/h3-9H,1,10H2,2H3;2*1H4/b5-4+;;. The van der Waals surface area contributed by atoms with Crippen LogP contribution in [0, 0.1) is 6.92 Å². The second-order valence-electron chi connectivity index (χ2n) is 2.79. The van der Waals surface area contributed by atoms with Crippen molar-refractivity contribution in [1.82, 2.24) is 0 Å². The summed E-state index contributed by atoms with van der Waals surface area (Å²) in [5.41, 5.74) is 1.24. The van der Waals surface area contributed by atoms with Gasteiger partial charge in [0.15, 0.2) is 0 Å². The normalized spacial score (nSPS) is 8.87. The van der Waals surface area contributed by atoms with E-state index in [2.05, 4.69) is 13.5 Å². The monoisotopic (exact) mass is 206 g/mol. The van der Waals surface area contributed by atoms with Gasteiger partial charge in [0, 0.05) is 0 Å². The van der Waals surface area contributed by atoms with E-state index >= 15 is 0 Å². The largest absolute Gasteiger partial charge is 0.490 e. The van der Waals surface area contributed by atoms with Crippen molar-refractivity contribution in [1.29, 1.82) is 0 Å². The van der Waals surface area contributed by atoms with Crippen LogP contribution in [0.15, 0.2) is 49.1 Å². The molecule has 84 valence electrons. The Hall–Kier alpha value is -1.50. The first kappa shape index (κ1) is 15.9. The van der Waals surface area contributed by atoms with Crippen LogP contribution in [-0.4, -0.2) is 6.61 Å². The van der Waals surface area contributed by atoms with Crippen LogP contribution in [0.1, 0.15) is 20.4 Å². The van der Waals surface area contributed by atoms with E-state index in [9.17, 15) is 0 Å². The molecule has 0 radical (unpaired) electrons. The molecule has 0 amide bonds. The minimum absolute atomic E-state index is 0. The molecule has 0 unspecified atom stereocenters. The molecule has 0 saturated heterocycles. The van der Waals surface area contributed by atoms with Gasteiger partial charge in [-0.15, -0.1) is 0 Å². The number of hydrogen-bond acceptors (Lipinski definition) is 1. The predicted octanol–water partition coefficient (Wildman–Crippen LogP) is 4.39. The molecule has 0 fully saturated rings. The highest BCUT2D eigenvalue weighted by atomic mass is 16.5. The fourth-order valence-electron chi connectivity index (χ4n) is 0.931. The molecule has 0 heterocycles. The number of benzene rings is 1. The first-order valence-corrected chi connectivity index (χ1v) is 4.30. The number of ether oxygens (including phenoxy) is 1. The third-order valence-corrected chi connectivity index (χ3v) is 1.64. The maximum atomic E-state index is 5.43. The molecule has 0 aliphatic carbocycles. The lowest BCUT2D eigenvalue weighted by atomic mass is 10.2. The second-order valence-corrected chi connectivity index (χ2v) is 2.79. The number of allylic oxidation sites excluding steroid dienone is 2. The minimum Gasteiger partial charge on any atom is -0.490 e. The molecule has 1 rings (SSSR count). The predicted molar refractivity (Wildman–Crippen MR) is 69.5 cm³/mol. The van der Waals surface area contributed by atoms with E-state index in [1.54, 1.807) is 6.08 Å². The topological polar surface area (TPSA) is 9.23 Å². The maximum Gasteiger partial charge on any atom is 0.119 e. The Morgan fingerprint density at radius 1 is 1.20 bits per heavy atom. The fraction of sp³-hybridized carbons (Fsp3) is 0.286. The summed E-state index contributed by atoms with van der Waals surface area (Å²) in [5, 5.41) is 0. The average molecular weight is 206 g/mol. The van der Waals surface area contributed by atoms with E-state index < -0.39 is 0 Å². The van der Waals surface area contributed by atoms with Crippen LogP contribution >= 0.6 is 0 Å². The second kappa shape index (κ2) is 9.07. The van der Waals surface area contributed by atoms with Crippen LogP contribution < -0.4 is 4.74 Å². The van der Waals surface area contributed by atoms with E-state index in [-0.39, 0.29) is 14.9 Å². The Kier molecular flexibility index (Phi) is 9.65. The molecule has 0 aliphatic rings. The van der Waals surface area contributed by atoms with Crippen molar-refractivity contribution in [2.45, 2.75) is 21.8 Å². The summed E-state index contributed by atoms with van der Waals surface area (Å²) in [4.78, 5) is 0. The van der Waals surface area contributed by atoms with Crippen molar-refractivity contribution in [3.63, 3.8) is 0 Å². The van der Waals surface area contributed by atoms with Crippen LogP contribution in [-0.2, 0) is 0 Å². The number of rotatable bonds is 4. The lowest BCUT2D eigenvalue weighted by molar-refractivity contribution is 0.363. The Bertz CT molecular complexity index is 283. The summed E-state index contributed by atoms with van der Waals surface area (Å²) in [7, 11) is 0. The molecule has 15 heavy (non-hydrogen) atoms. The molecular weight excluding hydrogens is 184 g/mol. The van der Waals surface area contributed by atoms with Gasteiger partial charge in [-0.05, 0) is 25.1 Å². The highest BCUT2D eigenvalue weighted by Gasteiger charge is 1.89. The van der Waals surface area contributed by atoms with Crippen molar-refractivity contribution >= 4 is 0 Å². The molecular formula is C14H22O. The van der Waals surface area contributed by atoms with E-state index in [0.717, 1.165) is 5.75 Å². The molecule has 1 heteroatoms. The zero-order valence-electron chi connectivity index (χ0n) is 7.86. The van der Waals surface area contributed by atoms with E-state index in [0.29, 0.717) is 6.61 Å². The van der Waals surface area contributed by atoms with Crippen LogP contribution in [0.5, 0.6) is 5.75 Å². The van der Waals surface area contributed by atoms with Gasteiger partial charge in [-0.3, -0.25) is 0 Å². The number of aryl methyl sites for hydroxylation is 1. The fourth-order valence-corrected chi connectivity index (χ4v) is 0.931. The van der Waals surface area contributed by atoms with E-state index in [1.807, 2.05) is 36.4 Å². The van der Waals surface area contributed by atoms with Crippen molar-refractivity contribution in [3.8, 4) is 5.75 Å². The van der Waals surface area contributed by atoms with Crippen LogP contribution in [0.4, 0.5) is 0 Å². The molecule has 0 aliphatic heterocycles. The highest BCUT2D eigenvalue weighted by Crippen LogP contribution is 2.10. The van der Waals surface area contributed by atoms with Crippen molar-refractivity contribution in [2.24, 2.45) is 0 Å². The zero-order chi connectivity index (χ0) is 9.52. The molecule has 1 nitrogen and oxygen atoms in total. The Balaban J connectivity index is 0. The maximum absolute atomic E-state index is 5.43. The van der Waals surface area contributed by atoms with Gasteiger partial charge in [-0.2, -0.15) is 0 Å². The molecule has 0 spiro atoms. The minimum atomic E-state index is 0. The van der Waals surface area contributed by atoms with Gasteiger partial charge in [0.05, 0.1) is 0 Å². The summed E-state index contributed by atoms with van der Waals surface area (Å²) in [6.45, 7) is 6.22. The molecule has 1 aromatic rings. The van der Waals surface area contributed by atoms with E-state index in [1.165, 1.54) is 5.56 Å². The Labute approximate surface area is 94.1 Å². The summed E-state index contributed by atoms with van der Waals surface area (Å²) in [6, 6.07) is 8.01. The van der Waals surface area contributed by atoms with Gasteiger partial charge in [-0.25, -0.2) is 0 Å². The third-order valence-electron chi connectivity index (χ3n) is 1.64. The molecule has 0 aromatic heterocycles. The van der Waals surface area contributed by atoms with Gasteiger partial charge in [0.1, 0.15) is 12.4 Å². The first-order chi connectivity index (χ1) is 6.33.